The van der Waals surface area contributed by atoms with Crippen molar-refractivity contribution >= 4 is 23.2 Å². The molecule has 2 aromatic heterocycles. The Balaban J connectivity index is 1.54. The quantitative estimate of drug-likeness (QED) is 0.677. The van der Waals surface area contributed by atoms with Crippen molar-refractivity contribution in [1.29, 1.82) is 0 Å². The van der Waals surface area contributed by atoms with Crippen LogP contribution in [0.4, 0.5) is 0 Å². The zero-order chi connectivity index (χ0) is 24.2. The second-order valence-electron chi connectivity index (χ2n) is 9.24. The van der Waals surface area contributed by atoms with E-state index in [9.17, 15) is 14.4 Å². The van der Waals surface area contributed by atoms with Crippen molar-refractivity contribution in [1.82, 2.24) is 14.8 Å². The number of fused-ring (bicyclic) bond motifs is 1. The lowest BCUT2D eigenvalue weighted by Gasteiger charge is -2.34. The first-order valence-corrected chi connectivity index (χ1v) is 12.8. The Kier molecular flexibility index (Phi) is 7.73. The predicted molar refractivity (Wildman–Crippen MR) is 130 cm³/mol. The van der Waals surface area contributed by atoms with E-state index in [1.807, 2.05) is 22.4 Å². The molecule has 0 aliphatic carbocycles. The minimum Gasteiger partial charge on any atom is -0.496 e. The van der Waals surface area contributed by atoms with Crippen LogP contribution in [-0.4, -0.2) is 54.2 Å². The van der Waals surface area contributed by atoms with E-state index >= 15 is 0 Å². The third kappa shape index (κ3) is 5.20. The van der Waals surface area contributed by atoms with Gasteiger partial charge in [-0.3, -0.25) is 14.4 Å². The van der Waals surface area contributed by atoms with Gasteiger partial charge in [-0.2, -0.15) is 0 Å². The molecule has 1 N–H and O–H groups in total. The van der Waals surface area contributed by atoms with Crippen LogP contribution < -0.4 is 15.6 Å². The summed E-state index contributed by atoms with van der Waals surface area (Å²) in [7, 11) is 1.46. The summed E-state index contributed by atoms with van der Waals surface area (Å²) in [5.74, 6) is 0.403. The van der Waals surface area contributed by atoms with Gasteiger partial charge in [-0.1, -0.05) is 19.9 Å². The fourth-order valence-corrected chi connectivity index (χ4v) is 5.46. The van der Waals surface area contributed by atoms with Crippen molar-refractivity contribution in [3.05, 3.63) is 50.1 Å². The van der Waals surface area contributed by atoms with Crippen LogP contribution in [0.15, 0.2) is 28.4 Å². The van der Waals surface area contributed by atoms with E-state index in [-0.39, 0.29) is 35.1 Å². The van der Waals surface area contributed by atoms with Gasteiger partial charge in [-0.25, -0.2) is 0 Å². The van der Waals surface area contributed by atoms with Crippen LogP contribution in [0.1, 0.15) is 47.6 Å². The molecule has 4 rings (SSSR count). The smallest absolute Gasteiger partial charge is 0.257 e. The molecule has 8 nitrogen and oxygen atoms in total. The standard InChI is InChI=1S/C25H33N3O5S/c1-16(2)20-13-17(7-11-33-20)25(31)27-8-6-19-23(24(30)26-15-18-5-4-12-34-18)21(32-3)14-22(29)28(19)10-9-27/h4-5,12,14,16-17,20H,6-11,13,15H2,1-3H3,(H,26,30)/t17-,20+/m0/s1. The lowest BCUT2D eigenvalue weighted by atomic mass is 9.89. The van der Waals surface area contributed by atoms with E-state index in [1.54, 1.807) is 15.9 Å². The molecule has 0 spiro atoms. The van der Waals surface area contributed by atoms with E-state index in [0.717, 1.165) is 17.7 Å². The summed E-state index contributed by atoms with van der Waals surface area (Å²) in [6.45, 7) is 6.49. The molecule has 0 radical (unpaired) electrons. The number of thiophene rings is 1. The van der Waals surface area contributed by atoms with Crippen molar-refractivity contribution in [3.63, 3.8) is 0 Å². The van der Waals surface area contributed by atoms with Gasteiger partial charge in [0.15, 0.2) is 0 Å². The molecule has 184 valence electrons. The Bertz CT molecular complexity index is 1080. The number of amides is 2. The molecule has 1 saturated heterocycles. The van der Waals surface area contributed by atoms with Gasteiger partial charge >= 0.3 is 0 Å². The summed E-state index contributed by atoms with van der Waals surface area (Å²) in [6, 6.07) is 5.27. The summed E-state index contributed by atoms with van der Waals surface area (Å²) >= 11 is 1.57. The number of methoxy groups -OCH3 is 1. The molecular weight excluding hydrogens is 454 g/mol. The predicted octanol–water partition coefficient (Wildman–Crippen LogP) is 2.68. The van der Waals surface area contributed by atoms with Gasteiger partial charge in [0, 0.05) is 55.2 Å². The summed E-state index contributed by atoms with van der Waals surface area (Å²) in [6.07, 6.45) is 1.95. The van der Waals surface area contributed by atoms with E-state index in [4.69, 9.17) is 9.47 Å². The molecule has 0 bridgehead atoms. The molecule has 2 aliphatic heterocycles. The lowest BCUT2D eigenvalue weighted by molar-refractivity contribution is -0.141. The number of nitrogens with zero attached hydrogens (tertiary/aromatic N) is 2. The zero-order valence-corrected chi connectivity index (χ0v) is 20.9. The molecule has 0 saturated carbocycles. The Morgan fingerprint density at radius 2 is 2.12 bits per heavy atom. The number of hydrogen-bond acceptors (Lipinski definition) is 6. The fourth-order valence-electron chi connectivity index (χ4n) is 4.82. The Morgan fingerprint density at radius 3 is 2.82 bits per heavy atom. The zero-order valence-electron chi connectivity index (χ0n) is 20.0. The highest BCUT2D eigenvalue weighted by atomic mass is 32.1. The molecule has 0 aromatic carbocycles. The molecule has 34 heavy (non-hydrogen) atoms. The third-order valence-corrected chi connectivity index (χ3v) is 7.64. The highest BCUT2D eigenvalue weighted by molar-refractivity contribution is 7.09. The third-order valence-electron chi connectivity index (χ3n) is 6.76. The summed E-state index contributed by atoms with van der Waals surface area (Å²) < 4.78 is 12.9. The maximum Gasteiger partial charge on any atom is 0.257 e. The Hall–Kier alpha value is -2.65. The summed E-state index contributed by atoms with van der Waals surface area (Å²) in [5.41, 5.74) is 0.774. The van der Waals surface area contributed by atoms with Crippen molar-refractivity contribution in [3.8, 4) is 5.75 Å². The van der Waals surface area contributed by atoms with Gasteiger partial charge in [-0.15, -0.1) is 11.3 Å². The molecular formula is C25H33N3O5S. The lowest BCUT2D eigenvalue weighted by Crippen LogP contribution is -2.42. The Morgan fingerprint density at radius 1 is 1.29 bits per heavy atom. The first kappa shape index (κ1) is 24.5. The first-order valence-electron chi connectivity index (χ1n) is 11.9. The van der Waals surface area contributed by atoms with Gasteiger partial charge in [0.25, 0.3) is 11.5 Å². The van der Waals surface area contributed by atoms with E-state index < -0.39 is 0 Å². The van der Waals surface area contributed by atoms with Crippen LogP contribution in [0.2, 0.25) is 0 Å². The molecule has 1 fully saturated rings. The van der Waals surface area contributed by atoms with E-state index in [0.29, 0.717) is 56.4 Å². The van der Waals surface area contributed by atoms with Crippen molar-refractivity contribution < 1.29 is 19.1 Å². The molecule has 0 unspecified atom stereocenters. The SMILES string of the molecule is COc1cc(=O)n2c(c1C(=O)NCc1cccs1)CCN(C(=O)[C@H]1CCO[C@@H](C(C)C)C1)CC2. The minimum absolute atomic E-state index is 0.0674. The van der Waals surface area contributed by atoms with Crippen LogP contribution in [0, 0.1) is 11.8 Å². The summed E-state index contributed by atoms with van der Waals surface area (Å²) in [4.78, 5) is 42.3. The number of carbonyl (C=O) groups excluding carboxylic acids is 2. The van der Waals surface area contributed by atoms with Crippen LogP contribution in [0.5, 0.6) is 5.75 Å². The van der Waals surface area contributed by atoms with E-state index in [1.165, 1.54) is 13.2 Å². The van der Waals surface area contributed by atoms with Crippen molar-refractivity contribution in [2.45, 2.75) is 52.3 Å². The number of nitrogens with one attached hydrogen (secondary N) is 1. The minimum atomic E-state index is -0.280. The molecule has 2 aliphatic rings. The van der Waals surface area contributed by atoms with Gasteiger partial charge in [0.2, 0.25) is 5.91 Å². The van der Waals surface area contributed by atoms with Crippen LogP contribution in [0.25, 0.3) is 0 Å². The largest absolute Gasteiger partial charge is 0.496 e. The molecule has 9 heteroatoms. The topological polar surface area (TPSA) is 89.9 Å². The first-order chi connectivity index (χ1) is 16.4. The highest BCUT2D eigenvalue weighted by Crippen LogP contribution is 2.28. The normalized spacial score (nSPS) is 20.5. The molecule has 2 atom stereocenters. The molecule has 2 aromatic rings. The van der Waals surface area contributed by atoms with Gasteiger partial charge in [0.05, 0.1) is 19.8 Å². The Labute approximate surface area is 203 Å². The van der Waals surface area contributed by atoms with Gasteiger partial charge < -0.3 is 24.3 Å². The number of hydrogen-bond donors (Lipinski definition) is 1. The van der Waals surface area contributed by atoms with Gasteiger partial charge in [-0.05, 0) is 30.2 Å². The van der Waals surface area contributed by atoms with Crippen molar-refractivity contribution in [2.75, 3.05) is 26.8 Å². The van der Waals surface area contributed by atoms with Crippen LogP contribution in [0.3, 0.4) is 0 Å². The highest BCUT2D eigenvalue weighted by Gasteiger charge is 2.33. The van der Waals surface area contributed by atoms with Crippen LogP contribution in [-0.2, 0) is 29.0 Å². The van der Waals surface area contributed by atoms with Gasteiger partial charge in [0.1, 0.15) is 11.3 Å². The number of pyridine rings is 1. The van der Waals surface area contributed by atoms with E-state index in [2.05, 4.69) is 19.2 Å². The second kappa shape index (κ2) is 10.7. The maximum absolute atomic E-state index is 13.4. The second-order valence-corrected chi connectivity index (χ2v) is 10.3. The number of ether oxygens (including phenoxy) is 2. The average molecular weight is 488 g/mol. The average Bonchev–Trinajstić information content (AvgIpc) is 3.26. The molecule has 4 heterocycles. The number of carbonyl (C=O) groups is 2. The monoisotopic (exact) mass is 487 g/mol. The molecule has 2 amide bonds. The summed E-state index contributed by atoms with van der Waals surface area (Å²) in [5, 5.41) is 4.91. The number of rotatable bonds is 6. The van der Waals surface area contributed by atoms with Crippen LogP contribution >= 0.6 is 11.3 Å². The number of aromatic nitrogens is 1. The van der Waals surface area contributed by atoms with Crippen molar-refractivity contribution in [2.24, 2.45) is 11.8 Å². The maximum atomic E-state index is 13.4. The fraction of sp³-hybridized carbons (Fsp3) is 0.560.